The number of anilines is 1. The first-order valence-corrected chi connectivity index (χ1v) is 12.5. The first-order chi connectivity index (χ1) is 16.4. The highest BCUT2D eigenvalue weighted by Gasteiger charge is 2.59. The van der Waals surface area contributed by atoms with Gasteiger partial charge in [0.15, 0.2) is 0 Å². The van der Waals surface area contributed by atoms with E-state index in [1.807, 2.05) is 52.1 Å². The van der Waals surface area contributed by atoms with Crippen LogP contribution in [0.2, 0.25) is 0 Å². The summed E-state index contributed by atoms with van der Waals surface area (Å²) in [5.41, 5.74) is 0.434. The maximum atomic E-state index is 14.1. The lowest BCUT2D eigenvalue weighted by Gasteiger charge is -2.37. The number of nitrogens with zero attached hydrogens (tertiary/aromatic N) is 4. The summed E-state index contributed by atoms with van der Waals surface area (Å²) < 4.78 is 0. The van der Waals surface area contributed by atoms with Crippen LogP contribution in [0, 0.1) is 12.0 Å². The summed E-state index contributed by atoms with van der Waals surface area (Å²) in [6.45, 7) is 16.2. The summed E-state index contributed by atoms with van der Waals surface area (Å²) in [5.74, 6) is -0.475. The van der Waals surface area contributed by atoms with Crippen molar-refractivity contribution in [3.05, 3.63) is 41.2 Å². The van der Waals surface area contributed by atoms with Crippen LogP contribution in [0.1, 0.15) is 58.9 Å². The molecule has 1 aromatic carbocycles. The van der Waals surface area contributed by atoms with Crippen molar-refractivity contribution in [3.8, 4) is 0 Å². The number of nitrogens with one attached hydrogen (secondary N) is 1. The molecule has 3 amide bonds. The number of rotatable bonds is 4. The highest BCUT2D eigenvalue weighted by molar-refractivity contribution is 6.07. The zero-order chi connectivity index (χ0) is 25.7. The van der Waals surface area contributed by atoms with Crippen molar-refractivity contribution in [3.63, 3.8) is 0 Å². The molecular weight excluding hydrogens is 442 g/mol. The summed E-state index contributed by atoms with van der Waals surface area (Å²) in [6.07, 6.45) is 1.69. The lowest BCUT2D eigenvalue weighted by molar-refractivity contribution is -0.148. The van der Waals surface area contributed by atoms with E-state index in [0.29, 0.717) is 12.5 Å². The third kappa shape index (κ3) is 4.31. The minimum Gasteiger partial charge on any atom is -0.332 e. The Morgan fingerprint density at radius 1 is 1.29 bits per heavy atom. The Hall–Kier alpha value is -2.92. The summed E-state index contributed by atoms with van der Waals surface area (Å²) in [4.78, 5) is 49.8. The van der Waals surface area contributed by atoms with Gasteiger partial charge in [0.05, 0.1) is 12.5 Å². The topological polar surface area (TPSA) is 77.3 Å². The number of carbonyl (C=O) groups is 3. The molecule has 0 saturated carbocycles. The van der Waals surface area contributed by atoms with Gasteiger partial charge in [-0.1, -0.05) is 39.0 Å². The number of benzene rings is 1. The Labute approximate surface area is 208 Å². The molecule has 1 N–H and O–H groups in total. The Balaban J connectivity index is 1.65. The number of likely N-dealkylation sites (N-methyl/N-ethyl adjacent to an activating group) is 2. The van der Waals surface area contributed by atoms with Gasteiger partial charge in [0, 0.05) is 25.3 Å². The average molecular weight is 480 g/mol. The standard InChI is InChI=1S/C27H37N5O3/c1-17-12-13-20(30(17)6)23(33)31(7)21(14-26(2,3)4)24(34)32-16-27(15-22(32)28-5)18-10-8-9-11-19(18)29-25(27)35/h8-11,17,20-22H,12-16H2,1-4,6-7H3,(H,29,35)/t17-,20+,21+,22+,27+/m1/s1. The molecule has 0 aromatic heterocycles. The van der Waals surface area contributed by atoms with E-state index in [2.05, 4.69) is 22.0 Å². The summed E-state index contributed by atoms with van der Waals surface area (Å²) in [7, 11) is 3.67. The summed E-state index contributed by atoms with van der Waals surface area (Å²) in [6, 6.07) is 6.87. The van der Waals surface area contributed by atoms with Gasteiger partial charge in [-0.05, 0) is 50.3 Å². The van der Waals surface area contributed by atoms with Crippen molar-refractivity contribution < 1.29 is 14.4 Å². The summed E-state index contributed by atoms with van der Waals surface area (Å²) in [5, 5.41) is 2.94. The molecule has 0 aliphatic carbocycles. The minimum absolute atomic E-state index is 0.0586. The predicted molar refractivity (Wildman–Crippen MR) is 134 cm³/mol. The van der Waals surface area contributed by atoms with Gasteiger partial charge in [-0.2, -0.15) is 0 Å². The van der Waals surface area contributed by atoms with Gasteiger partial charge in [0.2, 0.25) is 11.8 Å². The molecule has 8 nitrogen and oxygen atoms in total. The second-order valence-electron chi connectivity index (χ2n) is 11.7. The minimum atomic E-state index is -0.933. The molecule has 0 unspecified atom stereocenters. The molecule has 8 heteroatoms. The van der Waals surface area contributed by atoms with Crippen molar-refractivity contribution in [1.29, 1.82) is 0 Å². The second kappa shape index (κ2) is 8.94. The molecular formula is C27H37N5O3. The number of hydrogen-bond donors (Lipinski definition) is 1. The van der Waals surface area contributed by atoms with Crippen LogP contribution in [0.4, 0.5) is 5.69 Å². The van der Waals surface area contributed by atoms with Gasteiger partial charge >= 0.3 is 6.17 Å². The maximum Gasteiger partial charge on any atom is 0.302 e. The van der Waals surface area contributed by atoms with Gasteiger partial charge in [-0.15, -0.1) is 0 Å². The Morgan fingerprint density at radius 3 is 2.57 bits per heavy atom. The van der Waals surface area contributed by atoms with E-state index in [-0.39, 0.29) is 42.1 Å². The van der Waals surface area contributed by atoms with E-state index in [1.165, 1.54) is 0 Å². The number of para-hydroxylation sites is 1. The average Bonchev–Trinajstić information content (AvgIpc) is 3.45. The van der Waals surface area contributed by atoms with E-state index < -0.39 is 17.6 Å². The SMILES string of the molecule is [C-]#[N+][C@@H]1C[C@@]2(CN1C(=O)[C@H](CC(C)(C)C)N(C)C(=O)[C@@H]1CC[C@@H](C)N1C)C(=O)Nc1ccccc12. The molecule has 3 aliphatic heterocycles. The van der Waals surface area contributed by atoms with Crippen LogP contribution < -0.4 is 5.32 Å². The smallest absolute Gasteiger partial charge is 0.302 e. The van der Waals surface area contributed by atoms with E-state index in [4.69, 9.17) is 6.57 Å². The van der Waals surface area contributed by atoms with Crippen LogP contribution in [0.5, 0.6) is 0 Å². The molecule has 3 heterocycles. The largest absolute Gasteiger partial charge is 0.332 e. The normalized spacial score (nSPS) is 29.1. The van der Waals surface area contributed by atoms with Crippen LogP contribution in [-0.2, 0) is 19.8 Å². The molecule has 5 atom stereocenters. The molecule has 0 bridgehead atoms. The van der Waals surface area contributed by atoms with Crippen molar-refractivity contribution in [2.45, 2.75) is 83.1 Å². The number of hydrogen-bond acceptors (Lipinski definition) is 4. The van der Waals surface area contributed by atoms with Crippen molar-refractivity contribution >= 4 is 23.4 Å². The third-order valence-corrected chi connectivity index (χ3v) is 8.12. The fraction of sp³-hybridized carbons (Fsp3) is 0.630. The second-order valence-corrected chi connectivity index (χ2v) is 11.7. The van der Waals surface area contributed by atoms with Crippen molar-refractivity contribution in [2.24, 2.45) is 5.41 Å². The van der Waals surface area contributed by atoms with Gasteiger partial charge in [0.25, 0.3) is 5.91 Å². The number of fused-ring (bicyclic) bond motifs is 2. The molecule has 35 heavy (non-hydrogen) atoms. The van der Waals surface area contributed by atoms with Crippen LogP contribution in [-0.4, -0.2) is 77.4 Å². The Bertz CT molecular complexity index is 1070. The first-order valence-electron chi connectivity index (χ1n) is 12.5. The predicted octanol–water partition coefficient (Wildman–Crippen LogP) is 3.10. The molecule has 1 spiro atoms. The zero-order valence-electron chi connectivity index (χ0n) is 21.7. The number of likely N-dealkylation sites (tertiary alicyclic amines) is 2. The van der Waals surface area contributed by atoms with Crippen molar-refractivity contribution in [2.75, 3.05) is 26.0 Å². The lowest BCUT2D eigenvalue weighted by Crippen LogP contribution is -2.55. The van der Waals surface area contributed by atoms with Gasteiger partial charge in [0.1, 0.15) is 11.5 Å². The highest BCUT2D eigenvalue weighted by Crippen LogP contribution is 2.47. The van der Waals surface area contributed by atoms with E-state index in [1.54, 1.807) is 16.8 Å². The molecule has 4 rings (SSSR count). The van der Waals surface area contributed by atoms with Crippen LogP contribution in [0.3, 0.4) is 0 Å². The summed E-state index contributed by atoms with van der Waals surface area (Å²) >= 11 is 0. The Kier molecular flexibility index (Phi) is 6.43. The van der Waals surface area contributed by atoms with Crippen LogP contribution >= 0.6 is 0 Å². The van der Waals surface area contributed by atoms with E-state index >= 15 is 0 Å². The highest BCUT2D eigenvalue weighted by atomic mass is 16.2. The molecule has 1 aromatic rings. The van der Waals surface area contributed by atoms with E-state index in [9.17, 15) is 14.4 Å². The van der Waals surface area contributed by atoms with Crippen LogP contribution in [0.15, 0.2) is 24.3 Å². The molecule has 3 aliphatic rings. The first kappa shape index (κ1) is 25.2. The van der Waals surface area contributed by atoms with Crippen LogP contribution in [0.25, 0.3) is 4.85 Å². The maximum absolute atomic E-state index is 14.1. The zero-order valence-corrected chi connectivity index (χ0v) is 21.7. The van der Waals surface area contributed by atoms with Gasteiger partial charge in [-0.25, -0.2) is 6.57 Å². The van der Waals surface area contributed by atoms with Gasteiger partial charge in [-0.3, -0.25) is 29.0 Å². The Morgan fingerprint density at radius 2 is 1.97 bits per heavy atom. The third-order valence-electron chi connectivity index (χ3n) is 8.12. The molecule has 2 fully saturated rings. The molecule has 188 valence electrons. The fourth-order valence-corrected chi connectivity index (χ4v) is 5.92. The lowest BCUT2D eigenvalue weighted by atomic mass is 9.80. The van der Waals surface area contributed by atoms with Gasteiger partial charge < -0.3 is 10.2 Å². The quantitative estimate of drug-likeness (QED) is 0.674. The fourth-order valence-electron chi connectivity index (χ4n) is 5.92. The molecule has 2 saturated heterocycles. The molecule has 0 radical (unpaired) electrons. The monoisotopic (exact) mass is 479 g/mol. The number of carbonyl (C=O) groups excluding carboxylic acids is 3. The van der Waals surface area contributed by atoms with Crippen molar-refractivity contribution in [1.82, 2.24) is 14.7 Å². The number of amides is 3. The van der Waals surface area contributed by atoms with E-state index in [0.717, 1.165) is 24.1 Å².